The second-order valence-electron chi connectivity index (χ2n) is 12.0. The van der Waals surface area contributed by atoms with Gasteiger partial charge in [-0.1, -0.05) is 72.8 Å². The average molecular weight is 642 g/mol. The first-order valence-corrected chi connectivity index (χ1v) is 16.6. The summed E-state index contributed by atoms with van der Waals surface area (Å²) in [6.07, 6.45) is 0.741. The van der Waals surface area contributed by atoms with E-state index in [-0.39, 0.29) is 18.0 Å². The van der Waals surface area contributed by atoms with Crippen molar-refractivity contribution in [2.24, 2.45) is 0 Å². The number of ether oxygens (including phenoxy) is 2. The average Bonchev–Trinajstić information content (AvgIpc) is 3.45. The van der Waals surface area contributed by atoms with Crippen LogP contribution < -0.4 is 9.46 Å². The number of aliphatic hydroxyl groups excluding tert-OH is 1. The zero-order valence-electron chi connectivity index (χ0n) is 26.1. The quantitative estimate of drug-likeness (QED) is 0.134. The van der Waals surface area contributed by atoms with Gasteiger partial charge < -0.3 is 24.5 Å². The number of carbonyl (C=O) groups is 1. The Morgan fingerprint density at radius 3 is 2.35 bits per heavy atom. The SMILES string of the molecule is CC(C)(C)OC(=O)N(CCc1c[nH]c2c(OCc3ccccc3)cccc12)C[C@H](O)c1cccc(NS(=O)(=O)c2ccccc2)c1. The maximum Gasteiger partial charge on any atom is 0.410 e. The van der Waals surface area contributed by atoms with Gasteiger partial charge in [0.05, 0.1) is 23.1 Å². The number of sulfonamides is 1. The number of benzene rings is 4. The fourth-order valence-electron chi connectivity index (χ4n) is 5.02. The van der Waals surface area contributed by atoms with Crippen LogP contribution in [0.25, 0.3) is 10.9 Å². The van der Waals surface area contributed by atoms with Gasteiger partial charge >= 0.3 is 6.09 Å². The topological polar surface area (TPSA) is 121 Å². The number of fused-ring (bicyclic) bond motifs is 1. The Bertz CT molecular complexity index is 1870. The summed E-state index contributed by atoms with van der Waals surface area (Å²) in [5.74, 6) is 0.731. The normalized spacial score (nSPS) is 12.4. The van der Waals surface area contributed by atoms with E-state index in [0.29, 0.717) is 24.3 Å². The molecule has 1 heterocycles. The van der Waals surface area contributed by atoms with E-state index >= 15 is 0 Å². The molecule has 0 fully saturated rings. The van der Waals surface area contributed by atoms with E-state index in [0.717, 1.165) is 27.8 Å². The number of carbonyl (C=O) groups excluding carboxylic acids is 1. The highest BCUT2D eigenvalue weighted by molar-refractivity contribution is 7.92. The van der Waals surface area contributed by atoms with E-state index in [9.17, 15) is 18.3 Å². The monoisotopic (exact) mass is 641 g/mol. The molecule has 0 aliphatic carbocycles. The van der Waals surface area contributed by atoms with Crippen molar-refractivity contribution in [3.8, 4) is 5.75 Å². The van der Waals surface area contributed by atoms with Crippen LogP contribution in [0.15, 0.2) is 114 Å². The molecule has 0 spiro atoms. The molecular weight excluding hydrogens is 602 g/mol. The predicted octanol–water partition coefficient (Wildman–Crippen LogP) is 7.06. The number of rotatable bonds is 12. The number of nitrogens with zero attached hydrogens (tertiary/aromatic N) is 1. The summed E-state index contributed by atoms with van der Waals surface area (Å²) in [7, 11) is -3.81. The molecular formula is C36H39N3O6S. The fourth-order valence-corrected chi connectivity index (χ4v) is 6.09. The van der Waals surface area contributed by atoms with Crippen LogP contribution in [0.1, 0.15) is 43.6 Å². The highest BCUT2D eigenvalue weighted by Crippen LogP contribution is 2.29. The predicted molar refractivity (Wildman–Crippen MR) is 179 cm³/mol. The summed E-state index contributed by atoms with van der Waals surface area (Å²) in [5, 5.41) is 12.2. The van der Waals surface area contributed by atoms with Crippen LogP contribution >= 0.6 is 0 Å². The molecule has 1 atom stereocenters. The molecule has 5 aromatic rings. The van der Waals surface area contributed by atoms with E-state index in [2.05, 4.69) is 9.71 Å². The highest BCUT2D eigenvalue weighted by atomic mass is 32.2. The first kappa shape index (κ1) is 32.6. The molecule has 0 radical (unpaired) electrons. The third kappa shape index (κ3) is 8.47. The van der Waals surface area contributed by atoms with Crippen LogP contribution in [-0.4, -0.2) is 48.2 Å². The number of hydrogen-bond acceptors (Lipinski definition) is 6. The van der Waals surface area contributed by atoms with Crippen LogP contribution in [0.4, 0.5) is 10.5 Å². The number of amides is 1. The van der Waals surface area contributed by atoms with E-state index in [4.69, 9.17) is 9.47 Å². The second kappa shape index (κ2) is 14.1. The Morgan fingerprint density at radius 2 is 1.63 bits per heavy atom. The van der Waals surface area contributed by atoms with Crippen molar-refractivity contribution in [1.82, 2.24) is 9.88 Å². The summed E-state index contributed by atoms with van der Waals surface area (Å²) in [6, 6.07) is 30.4. The van der Waals surface area contributed by atoms with Crippen molar-refractivity contribution >= 4 is 32.7 Å². The van der Waals surface area contributed by atoms with Crippen LogP contribution in [0.2, 0.25) is 0 Å². The van der Waals surface area contributed by atoms with Crippen molar-refractivity contribution in [3.05, 3.63) is 126 Å². The first-order chi connectivity index (χ1) is 22.0. The van der Waals surface area contributed by atoms with Crippen LogP contribution in [0, 0.1) is 0 Å². The molecule has 4 aromatic carbocycles. The van der Waals surface area contributed by atoms with Crippen molar-refractivity contribution in [1.29, 1.82) is 0 Å². The molecule has 0 aliphatic rings. The van der Waals surface area contributed by atoms with Gasteiger partial charge in [-0.2, -0.15) is 0 Å². The van der Waals surface area contributed by atoms with Gasteiger partial charge in [0, 0.05) is 23.8 Å². The summed E-state index contributed by atoms with van der Waals surface area (Å²) in [5.41, 5.74) is 2.94. The smallest absolute Gasteiger partial charge is 0.410 e. The Kier molecular flexibility index (Phi) is 9.99. The Labute approximate surface area is 269 Å². The first-order valence-electron chi connectivity index (χ1n) is 15.1. The maximum atomic E-state index is 13.3. The van der Waals surface area contributed by atoms with E-state index in [1.165, 1.54) is 17.0 Å². The molecule has 46 heavy (non-hydrogen) atoms. The number of H-pyrrole nitrogens is 1. The molecule has 3 N–H and O–H groups in total. The fraction of sp³-hybridized carbons (Fsp3) is 0.250. The van der Waals surface area contributed by atoms with E-state index in [1.54, 1.807) is 63.2 Å². The van der Waals surface area contributed by atoms with Crippen molar-refractivity contribution in [3.63, 3.8) is 0 Å². The summed E-state index contributed by atoms with van der Waals surface area (Å²) < 4.78 is 40.0. The molecule has 10 heteroatoms. The van der Waals surface area contributed by atoms with Crippen molar-refractivity contribution < 1.29 is 27.8 Å². The maximum absolute atomic E-state index is 13.3. The van der Waals surface area contributed by atoms with Crippen molar-refractivity contribution in [2.45, 2.75) is 50.4 Å². The summed E-state index contributed by atoms with van der Waals surface area (Å²) in [4.78, 5) is 18.2. The van der Waals surface area contributed by atoms with E-state index < -0.39 is 27.8 Å². The number of hydrogen-bond donors (Lipinski definition) is 3. The molecule has 0 saturated carbocycles. The molecule has 0 unspecified atom stereocenters. The number of aromatic nitrogens is 1. The third-order valence-electron chi connectivity index (χ3n) is 7.27. The van der Waals surface area contributed by atoms with Gasteiger partial charge in [0.25, 0.3) is 10.0 Å². The molecule has 0 saturated heterocycles. The van der Waals surface area contributed by atoms with Gasteiger partial charge in [-0.15, -0.1) is 0 Å². The molecule has 9 nitrogen and oxygen atoms in total. The molecule has 1 amide bonds. The molecule has 5 rings (SSSR count). The van der Waals surface area contributed by atoms with Gasteiger partial charge in [0.1, 0.15) is 18.0 Å². The Balaban J connectivity index is 1.30. The number of anilines is 1. The van der Waals surface area contributed by atoms with Gasteiger partial charge in [0.2, 0.25) is 0 Å². The van der Waals surface area contributed by atoms with Gasteiger partial charge in [-0.05, 0) is 74.2 Å². The van der Waals surface area contributed by atoms with Crippen LogP contribution in [0.3, 0.4) is 0 Å². The Hall–Kier alpha value is -4.80. The number of aliphatic hydroxyl groups is 1. The minimum Gasteiger partial charge on any atom is -0.487 e. The van der Waals surface area contributed by atoms with Crippen molar-refractivity contribution in [2.75, 3.05) is 17.8 Å². The molecule has 0 aliphatic heterocycles. The van der Waals surface area contributed by atoms with Gasteiger partial charge in [-0.3, -0.25) is 4.72 Å². The second-order valence-corrected chi connectivity index (χ2v) is 13.7. The van der Waals surface area contributed by atoms with Gasteiger partial charge in [-0.25, -0.2) is 13.2 Å². The largest absolute Gasteiger partial charge is 0.487 e. The number of nitrogens with one attached hydrogen (secondary N) is 2. The lowest BCUT2D eigenvalue weighted by molar-refractivity contribution is 0.0147. The minimum absolute atomic E-state index is 0.0579. The molecule has 0 bridgehead atoms. The molecule has 240 valence electrons. The van der Waals surface area contributed by atoms with Crippen LogP contribution in [0.5, 0.6) is 5.75 Å². The van der Waals surface area contributed by atoms with E-state index in [1.807, 2.05) is 54.7 Å². The lowest BCUT2D eigenvalue weighted by Crippen LogP contribution is -2.40. The standard InChI is InChI=1S/C36H39N3O6S/c1-36(2,3)45-35(41)39(24-32(40)27-14-10-15-29(22-27)38-46(42,43)30-16-8-5-9-17-30)21-20-28-23-37-34-31(28)18-11-19-33(34)44-25-26-12-6-4-7-13-26/h4-19,22-23,32,37-38,40H,20-21,24-25H2,1-3H3/t32-/m0/s1. The number of aromatic amines is 1. The zero-order chi connectivity index (χ0) is 32.7. The van der Waals surface area contributed by atoms with Crippen LogP contribution in [-0.2, 0) is 27.8 Å². The lowest BCUT2D eigenvalue weighted by atomic mass is 10.1. The summed E-state index contributed by atoms with van der Waals surface area (Å²) >= 11 is 0. The highest BCUT2D eigenvalue weighted by Gasteiger charge is 2.25. The third-order valence-corrected chi connectivity index (χ3v) is 8.67. The summed E-state index contributed by atoms with van der Waals surface area (Å²) in [6.45, 7) is 6.02. The Morgan fingerprint density at radius 1 is 0.935 bits per heavy atom. The number of para-hydroxylation sites is 1. The zero-order valence-corrected chi connectivity index (χ0v) is 27.0. The molecule has 1 aromatic heterocycles. The lowest BCUT2D eigenvalue weighted by Gasteiger charge is -2.29. The minimum atomic E-state index is -3.81. The van der Waals surface area contributed by atoms with Gasteiger partial charge in [0.15, 0.2) is 0 Å².